The number of benzene rings is 1. The highest BCUT2D eigenvalue weighted by atomic mass is 32.2. The molecule has 18 heavy (non-hydrogen) atoms. The molecule has 0 saturated carbocycles. The molecule has 0 aliphatic rings. The summed E-state index contributed by atoms with van der Waals surface area (Å²) in [6.45, 7) is 1.75. The molecule has 7 heteroatoms. The minimum absolute atomic E-state index is 0.0294. The molecular weight excluding hydrogens is 256 g/mol. The Morgan fingerprint density at radius 1 is 1.33 bits per heavy atom. The molecule has 100 valence electrons. The van der Waals surface area contributed by atoms with Crippen molar-refractivity contribution in [2.45, 2.75) is 25.1 Å². The molecule has 1 aromatic rings. The molecule has 0 aliphatic carbocycles. The van der Waals surface area contributed by atoms with Crippen LogP contribution in [0.2, 0.25) is 0 Å². The van der Waals surface area contributed by atoms with E-state index in [1.807, 2.05) is 0 Å². The third-order valence-corrected chi connectivity index (χ3v) is 4.05. The maximum Gasteiger partial charge on any atom is 0.269 e. The molecule has 0 aromatic heterocycles. The second-order valence-corrected chi connectivity index (χ2v) is 6.47. The zero-order chi connectivity index (χ0) is 13.8. The van der Waals surface area contributed by atoms with E-state index < -0.39 is 14.8 Å². The SMILES string of the molecule is CC(N)CCS(=O)(=O)Cc1ccc([N+](=O)[O-])cc1. The first-order chi connectivity index (χ1) is 8.30. The summed E-state index contributed by atoms with van der Waals surface area (Å²) in [6.07, 6.45) is 0.412. The number of nitro benzene ring substituents is 1. The first-order valence-corrected chi connectivity index (χ1v) is 7.31. The third kappa shape index (κ3) is 4.80. The van der Waals surface area contributed by atoms with E-state index in [-0.39, 0.29) is 23.2 Å². The zero-order valence-corrected chi connectivity index (χ0v) is 10.9. The fourth-order valence-electron chi connectivity index (χ4n) is 1.41. The number of hydrogen-bond donors (Lipinski definition) is 1. The van der Waals surface area contributed by atoms with E-state index in [0.29, 0.717) is 12.0 Å². The predicted octanol–water partition coefficient (Wildman–Crippen LogP) is 1.25. The van der Waals surface area contributed by atoms with Gasteiger partial charge in [-0.1, -0.05) is 12.1 Å². The number of hydrogen-bond acceptors (Lipinski definition) is 5. The Kier molecular flexibility index (Phi) is 4.80. The van der Waals surface area contributed by atoms with Gasteiger partial charge in [-0.2, -0.15) is 0 Å². The van der Waals surface area contributed by atoms with E-state index in [1.165, 1.54) is 24.3 Å². The quantitative estimate of drug-likeness (QED) is 0.620. The molecular formula is C11H16N2O4S. The van der Waals surface area contributed by atoms with Crippen molar-refractivity contribution in [1.29, 1.82) is 0 Å². The molecule has 0 saturated heterocycles. The van der Waals surface area contributed by atoms with Crippen LogP contribution in [-0.2, 0) is 15.6 Å². The second kappa shape index (κ2) is 5.92. The van der Waals surface area contributed by atoms with E-state index in [1.54, 1.807) is 6.92 Å². The van der Waals surface area contributed by atoms with Crippen LogP contribution in [0.3, 0.4) is 0 Å². The van der Waals surface area contributed by atoms with Crippen molar-refractivity contribution < 1.29 is 13.3 Å². The van der Waals surface area contributed by atoms with Gasteiger partial charge in [0.1, 0.15) is 0 Å². The van der Waals surface area contributed by atoms with Gasteiger partial charge in [0.05, 0.1) is 16.4 Å². The molecule has 0 fully saturated rings. The maximum absolute atomic E-state index is 11.7. The zero-order valence-electron chi connectivity index (χ0n) is 10.1. The molecule has 0 amide bonds. The lowest BCUT2D eigenvalue weighted by molar-refractivity contribution is -0.384. The van der Waals surface area contributed by atoms with E-state index in [0.717, 1.165) is 0 Å². The summed E-state index contributed by atoms with van der Waals surface area (Å²) in [5, 5.41) is 10.4. The molecule has 0 heterocycles. The highest BCUT2D eigenvalue weighted by Gasteiger charge is 2.14. The van der Waals surface area contributed by atoms with Crippen LogP contribution in [0.1, 0.15) is 18.9 Å². The average Bonchev–Trinajstić information content (AvgIpc) is 2.27. The molecule has 6 nitrogen and oxygen atoms in total. The number of sulfone groups is 1. The lowest BCUT2D eigenvalue weighted by Crippen LogP contribution is -2.20. The molecule has 2 N–H and O–H groups in total. The maximum atomic E-state index is 11.7. The van der Waals surface area contributed by atoms with Crippen LogP contribution < -0.4 is 5.73 Å². The Bertz CT molecular complexity index is 508. The van der Waals surface area contributed by atoms with Crippen molar-refractivity contribution in [1.82, 2.24) is 0 Å². The Morgan fingerprint density at radius 2 is 1.89 bits per heavy atom. The van der Waals surface area contributed by atoms with Crippen LogP contribution in [0, 0.1) is 10.1 Å². The van der Waals surface area contributed by atoms with E-state index >= 15 is 0 Å². The Morgan fingerprint density at radius 3 is 2.33 bits per heavy atom. The van der Waals surface area contributed by atoms with Gasteiger partial charge in [-0.05, 0) is 18.9 Å². The number of nitrogens with two attached hydrogens (primary N) is 1. The predicted molar refractivity (Wildman–Crippen MR) is 68.9 cm³/mol. The molecule has 1 rings (SSSR count). The molecule has 0 bridgehead atoms. The van der Waals surface area contributed by atoms with Gasteiger partial charge < -0.3 is 5.73 Å². The molecule has 1 unspecified atom stereocenters. The van der Waals surface area contributed by atoms with Crippen molar-refractivity contribution in [2.75, 3.05) is 5.75 Å². The summed E-state index contributed by atoms with van der Waals surface area (Å²) in [5.41, 5.74) is 6.00. The minimum atomic E-state index is -3.21. The Balaban J connectivity index is 2.69. The van der Waals surface area contributed by atoms with E-state index in [9.17, 15) is 18.5 Å². The van der Waals surface area contributed by atoms with Crippen LogP contribution in [0.15, 0.2) is 24.3 Å². The number of nitrogens with zero attached hydrogens (tertiary/aromatic N) is 1. The van der Waals surface area contributed by atoms with Gasteiger partial charge in [-0.15, -0.1) is 0 Å². The van der Waals surface area contributed by atoms with Crippen molar-refractivity contribution in [2.24, 2.45) is 5.73 Å². The topological polar surface area (TPSA) is 103 Å². The average molecular weight is 272 g/mol. The lowest BCUT2D eigenvalue weighted by atomic mass is 10.2. The van der Waals surface area contributed by atoms with E-state index in [2.05, 4.69) is 0 Å². The van der Waals surface area contributed by atoms with Gasteiger partial charge in [0.2, 0.25) is 0 Å². The van der Waals surface area contributed by atoms with Crippen LogP contribution in [0.5, 0.6) is 0 Å². The molecule has 0 radical (unpaired) electrons. The van der Waals surface area contributed by atoms with Crippen LogP contribution >= 0.6 is 0 Å². The van der Waals surface area contributed by atoms with Gasteiger partial charge in [-0.3, -0.25) is 10.1 Å². The monoisotopic (exact) mass is 272 g/mol. The Labute approximate surface area is 106 Å². The van der Waals surface area contributed by atoms with Crippen LogP contribution in [-0.4, -0.2) is 25.1 Å². The van der Waals surface area contributed by atoms with Crippen LogP contribution in [0.4, 0.5) is 5.69 Å². The lowest BCUT2D eigenvalue weighted by Gasteiger charge is -2.06. The first-order valence-electron chi connectivity index (χ1n) is 5.49. The highest BCUT2D eigenvalue weighted by molar-refractivity contribution is 7.90. The summed E-state index contributed by atoms with van der Waals surface area (Å²) >= 11 is 0. The summed E-state index contributed by atoms with van der Waals surface area (Å²) in [7, 11) is -3.21. The molecule has 0 aliphatic heterocycles. The van der Waals surface area contributed by atoms with Crippen molar-refractivity contribution in [3.8, 4) is 0 Å². The summed E-state index contributed by atoms with van der Waals surface area (Å²) in [6, 6.07) is 5.37. The fourth-order valence-corrected chi connectivity index (χ4v) is 2.98. The fraction of sp³-hybridized carbons (Fsp3) is 0.455. The number of non-ortho nitro benzene ring substituents is 1. The van der Waals surface area contributed by atoms with E-state index in [4.69, 9.17) is 5.73 Å². The molecule has 0 spiro atoms. The Hall–Kier alpha value is -1.47. The van der Waals surface area contributed by atoms with Gasteiger partial charge in [0, 0.05) is 18.2 Å². The highest BCUT2D eigenvalue weighted by Crippen LogP contribution is 2.14. The number of nitro groups is 1. The van der Waals surface area contributed by atoms with Crippen LogP contribution in [0.25, 0.3) is 0 Å². The minimum Gasteiger partial charge on any atom is -0.328 e. The second-order valence-electron chi connectivity index (χ2n) is 4.28. The summed E-state index contributed by atoms with van der Waals surface area (Å²) in [4.78, 5) is 9.93. The molecule has 1 atom stereocenters. The summed E-state index contributed by atoms with van der Waals surface area (Å²) in [5.74, 6) is -0.0840. The van der Waals surface area contributed by atoms with Crippen molar-refractivity contribution in [3.63, 3.8) is 0 Å². The molecule has 1 aromatic carbocycles. The number of rotatable bonds is 6. The van der Waals surface area contributed by atoms with Gasteiger partial charge in [0.25, 0.3) is 5.69 Å². The third-order valence-electron chi connectivity index (χ3n) is 2.42. The largest absolute Gasteiger partial charge is 0.328 e. The van der Waals surface area contributed by atoms with Gasteiger partial charge >= 0.3 is 0 Å². The first kappa shape index (κ1) is 14.6. The van der Waals surface area contributed by atoms with Gasteiger partial charge in [0.15, 0.2) is 9.84 Å². The van der Waals surface area contributed by atoms with Gasteiger partial charge in [-0.25, -0.2) is 8.42 Å². The standard InChI is InChI=1S/C11H16N2O4S/c1-9(12)6-7-18(16,17)8-10-2-4-11(5-3-10)13(14)15/h2-5,9H,6-8,12H2,1H3. The summed E-state index contributed by atoms with van der Waals surface area (Å²) < 4.78 is 23.5. The smallest absolute Gasteiger partial charge is 0.269 e. The normalized spacial score (nSPS) is 13.2. The van der Waals surface area contributed by atoms with Crippen molar-refractivity contribution >= 4 is 15.5 Å². The van der Waals surface area contributed by atoms with Crippen molar-refractivity contribution in [3.05, 3.63) is 39.9 Å².